The summed E-state index contributed by atoms with van der Waals surface area (Å²) in [6.45, 7) is 5.27. The van der Waals surface area contributed by atoms with Gasteiger partial charge in [0.25, 0.3) is 0 Å². The standard InChI is InChI=1S/C23H29ClFN3O4S/c1-16(2)13-26-23(30)17(3)27(14-18-9-11-19(24)12-10-18)22(29)15-28(33(4,31)32)21-8-6-5-7-20(21)25/h5-12,16-17H,13-15H2,1-4H3,(H,26,30). The van der Waals surface area contributed by atoms with Gasteiger partial charge in [0.1, 0.15) is 18.4 Å². The summed E-state index contributed by atoms with van der Waals surface area (Å²) >= 11 is 5.94. The van der Waals surface area contributed by atoms with Crippen LogP contribution in [0.2, 0.25) is 5.02 Å². The van der Waals surface area contributed by atoms with E-state index in [4.69, 9.17) is 11.6 Å². The summed E-state index contributed by atoms with van der Waals surface area (Å²) in [6, 6.07) is 11.2. The van der Waals surface area contributed by atoms with Gasteiger partial charge in [-0.15, -0.1) is 0 Å². The molecular formula is C23H29ClFN3O4S. The van der Waals surface area contributed by atoms with Crippen LogP contribution < -0.4 is 9.62 Å². The summed E-state index contributed by atoms with van der Waals surface area (Å²) in [4.78, 5) is 27.3. The predicted octanol–water partition coefficient (Wildman–Crippen LogP) is 3.43. The Kier molecular flexibility index (Phi) is 9.25. The highest BCUT2D eigenvalue weighted by molar-refractivity contribution is 7.92. The monoisotopic (exact) mass is 497 g/mol. The van der Waals surface area contributed by atoms with Crippen LogP contribution in [0, 0.1) is 11.7 Å². The zero-order chi connectivity index (χ0) is 24.8. The van der Waals surface area contributed by atoms with Crippen molar-refractivity contribution in [1.29, 1.82) is 0 Å². The van der Waals surface area contributed by atoms with Crippen LogP contribution in [0.5, 0.6) is 0 Å². The molecule has 0 aliphatic heterocycles. The van der Waals surface area contributed by atoms with Crippen LogP contribution in [0.15, 0.2) is 48.5 Å². The first-order valence-corrected chi connectivity index (χ1v) is 12.7. The summed E-state index contributed by atoms with van der Waals surface area (Å²) in [5, 5.41) is 3.31. The lowest BCUT2D eigenvalue weighted by Gasteiger charge is -2.31. The number of carbonyl (C=O) groups is 2. The molecule has 2 amide bonds. The van der Waals surface area contributed by atoms with E-state index in [1.165, 1.54) is 23.1 Å². The van der Waals surface area contributed by atoms with E-state index in [-0.39, 0.29) is 24.1 Å². The molecule has 1 atom stereocenters. The largest absolute Gasteiger partial charge is 0.354 e. The Balaban J connectivity index is 2.36. The molecule has 2 aromatic rings. The summed E-state index contributed by atoms with van der Waals surface area (Å²) < 4.78 is 39.9. The first-order valence-electron chi connectivity index (χ1n) is 10.4. The first kappa shape index (κ1) is 26.6. The Morgan fingerprint density at radius 2 is 1.67 bits per heavy atom. The van der Waals surface area contributed by atoms with Gasteiger partial charge in [-0.2, -0.15) is 0 Å². The number of carbonyl (C=O) groups excluding carboxylic acids is 2. The number of benzene rings is 2. The predicted molar refractivity (Wildman–Crippen MR) is 128 cm³/mol. The average molecular weight is 498 g/mol. The fourth-order valence-corrected chi connectivity index (χ4v) is 4.05. The maximum atomic E-state index is 14.4. The molecule has 0 spiro atoms. The second-order valence-corrected chi connectivity index (χ2v) is 10.5. The molecule has 0 aliphatic rings. The van der Waals surface area contributed by atoms with Crippen LogP contribution in [0.3, 0.4) is 0 Å². The zero-order valence-electron chi connectivity index (χ0n) is 19.1. The van der Waals surface area contributed by atoms with Gasteiger partial charge in [-0.1, -0.05) is 49.7 Å². The molecule has 0 heterocycles. The summed E-state index contributed by atoms with van der Waals surface area (Å²) in [5.41, 5.74) is 0.463. The third kappa shape index (κ3) is 7.71. The number of sulfonamides is 1. The average Bonchev–Trinajstić information content (AvgIpc) is 2.74. The molecule has 10 heteroatoms. The zero-order valence-corrected chi connectivity index (χ0v) is 20.7. The molecule has 2 aromatic carbocycles. The highest BCUT2D eigenvalue weighted by atomic mass is 35.5. The smallest absolute Gasteiger partial charge is 0.244 e. The van der Waals surface area contributed by atoms with E-state index in [0.717, 1.165) is 12.3 Å². The molecule has 0 saturated carbocycles. The van der Waals surface area contributed by atoms with E-state index in [1.54, 1.807) is 31.2 Å². The lowest BCUT2D eigenvalue weighted by atomic mass is 10.1. The first-order chi connectivity index (χ1) is 15.4. The molecule has 1 N–H and O–H groups in total. The second-order valence-electron chi connectivity index (χ2n) is 8.18. The fraction of sp³-hybridized carbons (Fsp3) is 0.391. The molecule has 2 rings (SSSR count). The van der Waals surface area contributed by atoms with Gasteiger partial charge in [0.2, 0.25) is 21.8 Å². The maximum Gasteiger partial charge on any atom is 0.244 e. The minimum absolute atomic E-state index is 0.0428. The van der Waals surface area contributed by atoms with Gasteiger partial charge < -0.3 is 10.2 Å². The van der Waals surface area contributed by atoms with Crippen molar-refractivity contribution in [1.82, 2.24) is 10.2 Å². The Hall–Kier alpha value is -2.65. The van der Waals surface area contributed by atoms with Gasteiger partial charge >= 0.3 is 0 Å². The van der Waals surface area contributed by atoms with Gasteiger partial charge in [0.05, 0.1) is 11.9 Å². The number of anilines is 1. The van der Waals surface area contributed by atoms with E-state index in [9.17, 15) is 22.4 Å². The van der Waals surface area contributed by atoms with Crippen LogP contribution in [0.4, 0.5) is 10.1 Å². The molecule has 0 radical (unpaired) electrons. The minimum Gasteiger partial charge on any atom is -0.354 e. The number of hydrogen-bond acceptors (Lipinski definition) is 4. The number of nitrogens with zero attached hydrogens (tertiary/aromatic N) is 2. The van der Waals surface area contributed by atoms with Crippen molar-refractivity contribution in [3.05, 3.63) is 64.9 Å². The lowest BCUT2D eigenvalue weighted by molar-refractivity contribution is -0.139. The van der Waals surface area contributed by atoms with Crippen LogP contribution in [0.25, 0.3) is 0 Å². The van der Waals surface area contributed by atoms with Gasteiger partial charge in [-0.05, 0) is 42.7 Å². The molecule has 7 nitrogen and oxygen atoms in total. The van der Waals surface area contributed by atoms with E-state index in [2.05, 4.69) is 5.32 Å². The number of halogens is 2. The SMILES string of the molecule is CC(C)CNC(=O)C(C)N(Cc1ccc(Cl)cc1)C(=O)CN(c1ccccc1F)S(C)(=O)=O. The fourth-order valence-electron chi connectivity index (χ4n) is 3.07. The van der Waals surface area contributed by atoms with Gasteiger partial charge in [-0.25, -0.2) is 12.8 Å². The molecular weight excluding hydrogens is 469 g/mol. The maximum absolute atomic E-state index is 14.4. The highest BCUT2D eigenvalue weighted by Gasteiger charge is 2.31. The van der Waals surface area contributed by atoms with E-state index in [0.29, 0.717) is 21.4 Å². The van der Waals surface area contributed by atoms with Gasteiger partial charge in [0.15, 0.2) is 0 Å². The summed E-state index contributed by atoms with van der Waals surface area (Å²) in [7, 11) is -3.99. The lowest BCUT2D eigenvalue weighted by Crippen LogP contribution is -2.51. The minimum atomic E-state index is -3.99. The number of rotatable bonds is 10. The number of hydrogen-bond donors (Lipinski definition) is 1. The van der Waals surface area contributed by atoms with Crippen LogP contribution in [0.1, 0.15) is 26.3 Å². The molecule has 33 heavy (non-hydrogen) atoms. The summed E-state index contributed by atoms with van der Waals surface area (Å²) in [6.07, 6.45) is 0.898. The van der Waals surface area contributed by atoms with E-state index in [1.807, 2.05) is 13.8 Å². The highest BCUT2D eigenvalue weighted by Crippen LogP contribution is 2.22. The third-order valence-electron chi connectivity index (χ3n) is 4.92. The third-order valence-corrected chi connectivity index (χ3v) is 6.30. The molecule has 0 bridgehead atoms. The number of nitrogens with one attached hydrogen (secondary N) is 1. The van der Waals surface area contributed by atoms with Crippen molar-refractivity contribution in [2.45, 2.75) is 33.4 Å². The van der Waals surface area contributed by atoms with Crippen LogP contribution >= 0.6 is 11.6 Å². The Morgan fingerprint density at radius 3 is 2.21 bits per heavy atom. The molecule has 0 aliphatic carbocycles. The molecule has 0 aromatic heterocycles. The van der Waals surface area contributed by atoms with E-state index < -0.39 is 34.3 Å². The normalized spacial score (nSPS) is 12.3. The summed E-state index contributed by atoms with van der Waals surface area (Å²) in [5.74, 6) is -1.58. The molecule has 180 valence electrons. The van der Waals surface area contributed by atoms with Crippen LogP contribution in [-0.2, 0) is 26.2 Å². The van der Waals surface area contributed by atoms with E-state index >= 15 is 0 Å². The van der Waals surface area contributed by atoms with Crippen molar-refractivity contribution in [2.75, 3.05) is 23.7 Å². The van der Waals surface area contributed by atoms with Crippen molar-refractivity contribution in [3.8, 4) is 0 Å². The van der Waals surface area contributed by atoms with Crippen molar-refractivity contribution in [3.63, 3.8) is 0 Å². The molecule has 0 saturated heterocycles. The molecule has 0 fully saturated rings. The Labute approximate surface area is 199 Å². The Bertz CT molecular complexity index is 1080. The Morgan fingerprint density at radius 1 is 1.06 bits per heavy atom. The van der Waals surface area contributed by atoms with Gasteiger partial charge in [-0.3, -0.25) is 13.9 Å². The number of amides is 2. The van der Waals surface area contributed by atoms with Crippen molar-refractivity contribution < 1.29 is 22.4 Å². The van der Waals surface area contributed by atoms with Crippen molar-refractivity contribution >= 4 is 39.1 Å². The second kappa shape index (κ2) is 11.5. The van der Waals surface area contributed by atoms with Crippen LogP contribution in [-0.4, -0.2) is 50.5 Å². The van der Waals surface area contributed by atoms with Gasteiger partial charge in [0, 0.05) is 18.1 Å². The number of para-hydroxylation sites is 1. The molecule has 1 unspecified atom stereocenters. The quantitative estimate of drug-likeness (QED) is 0.544. The van der Waals surface area contributed by atoms with Crippen molar-refractivity contribution in [2.24, 2.45) is 5.92 Å². The topological polar surface area (TPSA) is 86.8 Å².